The van der Waals surface area contributed by atoms with Crippen molar-refractivity contribution >= 4 is 12.1 Å². The van der Waals surface area contributed by atoms with Crippen LogP contribution in [0.2, 0.25) is 0 Å². The van der Waals surface area contributed by atoms with Gasteiger partial charge in [0.1, 0.15) is 11.4 Å². The summed E-state index contributed by atoms with van der Waals surface area (Å²) in [5.74, 6) is 1.72. The molecule has 2 heterocycles. The molecule has 0 bridgehead atoms. The molecule has 0 radical (unpaired) electrons. The number of aromatic amines is 1. The van der Waals surface area contributed by atoms with Crippen molar-refractivity contribution in [3.63, 3.8) is 0 Å². The lowest BCUT2D eigenvalue weighted by atomic mass is 10.1. The Morgan fingerprint density at radius 3 is 2.81 bits per heavy atom. The second kappa shape index (κ2) is 7.20. The number of benzene rings is 2. The maximum absolute atomic E-state index is 12.2. The highest BCUT2D eigenvalue weighted by Crippen LogP contribution is 2.35. The molecule has 0 fully saturated rings. The van der Waals surface area contributed by atoms with Gasteiger partial charge >= 0.3 is 0 Å². The van der Waals surface area contributed by atoms with Crippen molar-refractivity contribution in [1.82, 2.24) is 15.6 Å². The number of carbonyl (C=O) groups is 1. The molecule has 0 saturated carbocycles. The molecule has 0 aliphatic carbocycles. The van der Waals surface area contributed by atoms with Crippen LogP contribution in [0.3, 0.4) is 0 Å². The molecule has 3 aromatic rings. The summed E-state index contributed by atoms with van der Waals surface area (Å²) in [6.07, 6.45) is 1.55. The third-order valence-corrected chi connectivity index (χ3v) is 3.99. The van der Waals surface area contributed by atoms with Gasteiger partial charge in [-0.25, -0.2) is 5.43 Å². The van der Waals surface area contributed by atoms with Gasteiger partial charge in [0.05, 0.1) is 19.0 Å². The van der Waals surface area contributed by atoms with Crippen LogP contribution in [0.25, 0.3) is 11.3 Å². The molecule has 0 spiro atoms. The van der Waals surface area contributed by atoms with Crippen molar-refractivity contribution in [2.75, 3.05) is 13.9 Å². The number of H-pyrrole nitrogens is 1. The predicted octanol–water partition coefficient (Wildman–Crippen LogP) is 2.58. The van der Waals surface area contributed by atoms with E-state index in [0.29, 0.717) is 22.9 Å². The second-order valence-corrected chi connectivity index (χ2v) is 5.71. The highest BCUT2D eigenvalue weighted by Gasteiger charge is 2.16. The number of fused-ring (bicyclic) bond motifs is 1. The van der Waals surface area contributed by atoms with Gasteiger partial charge in [0, 0.05) is 5.56 Å². The van der Waals surface area contributed by atoms with E-state index >= 15 is 0 Å². The summed E-state index contributed by atoms with van der Waals surface area (Å²) in [5, 5.41) is 10.8. The zero-order valence-corrected chi connectivity index (χ0v) is 14.4. The number of nitrogens with zero attached hydrogens (tertiary/aromatic N) is 2. The Hall–Kier alpha value is -3.81. The number of ether oxygens (including phenoxy) is 3. The molecule has 1 amide bonds. The first-order chi connectivity index (χ1) is 13.2. The number of amides is 1. The van der Waals surface area contributed by atoms with Gasteiger partial charge in [-0.3, -0.25) is 9.89 Å². The Balaban J connectivity index is 1.41. The van der Waals surface area contributed by atoms with E-state index in [-0.39, 0.29) is 12.7 Å². The van der Waals surface area contributed by atoms with E-state index in [9.17, 15) is 4.79 Å². The molecular weight excluding hydrogens is 348 g/mol. The monoisotopic (exact) mass is 364 g/mol. The van der Waals surface area contributed by atoms with Gasteiger partial charge < -0.3 is 14.2 Å². The van der Waals surface area contributed by atoms with Gasteiger partial charge in [-0.15, -0.1) is 0 Å². The average Bonchev–Trinajstić information content (AvgIpc) is 3.37. The van der Waals surface area contributed by atoms with Gasteiger partial charge in [-0.05, 0) is 54.1 Å². The molecule has 0 atom stereocenters. The van der Waals surface area contributed by atoms with Crippen LogP contribution in [0.5, 0.6) is 17.2 Å². The minimum atomic E-state index is -0.390. The van der Waals surface area contributed by atoms with Crippen molar-refractivity contribution in [3.05, 3.63) is 59.8 Å². The molecule has 8 nitrogen and oxygen atoms in total. The van der Waals surface area contributed by atoms with E-state index in [2.05, 4.69) is 20.7 Å². The largest absolute Gasteiger partial charge is 0.497 e. The number of carbonyl (C=O) groups excluding carboxylic acids is 1. The van der Waals surface area contributed by atoms with E-state index in [1.54, 1.807) is 19.4 Å². The number of hydrogen-bond acceptors (Lipinski definition) is 6. The number of hydrazone groups is 1. The van der Waals surface area contributed by atoms with Crippen LogP contribution in [-0.4, -0.2) is 36.2 Å². The lowest BCUT2D eigenvalue weighted by molar-refractivity contribution is 0.0950. The van der Waals surface area contributed by atoms with Crippen LogP contribution < -0.4 is 19.6 Å². The molecule has 0 saturated heterocycles. The fourth-order valence-electron chi connectivity index (χ4n) is 2.56. The zero-order valence-electron chi connectivity index (χ0n) is 14.4. The zero-order chi connectivity index (χ0) is 18.6. The van der Waals surface area contributed by atoms with Gasteiger partial charge in [0.2, 0.25) is 6.79 Å². The maximum atomic E-state index is 12.2. The average molecular weight is 364 g/mol. The van der Waals surface area contributed by atoms with Crippen LogP contribution >= 0.6 is 0 Å². The van der Waals surface area contributed by atoms with E-state index in [0.717, 1.165) is 16.9 Å². The van der Waals surface area contributed by atoms with E-state index in [1.807, 2.05) is 42.5 Å². The quantitative estimate of drug-likeness (QED) is 0.536. The summed E-state index contributed by atoms with van der Waals surface area (Å²) < 4.78 is 15.7. The Morgan fingerprint density at radius 1 is 1.19 bits per heavy atom. The van der Waals surface area contributed by atoms with Crippen molar-refractivity contribution in [3.8, 4) is 28.5 Å². The van der Waals surface area contributed by atoms with Gasteiger partial charge in [0.25, 0.3) is 5.91 Å². The molecule has 1 aromatic heterocycles. The summed E-state index contributed by atoms with van der Waals surface area (Å²) >= 11 is 0. The minimum Gasteiger partial charge on any atom is -0.497 e. The van der Waals surface area contributed by atoms with E-state index in [1.165, 1.54) is 0 Å². The third-order valence-electron chi connectivity index (χ3n) is 3.99. The summed E-state index contributed by atoms with van der Waals surface area (Å²) in [6, 6.07) is 14.4. The lowest BCUT2D eigenvalue weighted by Crippen LogP contribution is -2.17. The van der Waals surface area contributed by atoms with E-state index in [4.69, 9.17) is 14.2 Å². The Kier molecular flexibility index (Phi) is 4.44. The van der Waals surface area contributed by atoms with Crippen molar-refractivity contribution < 1.29 is 19.0 Å². The Labute approximate surface area is 154 Å². The minimum absolute atomic E-state index is 0.208. The number of methoxy groups -OCH3 is 1. The molecule has 2 N–H and O–H groups in total. The highest BCUT2D eigenvalue weighted by atomic mass is 16.7. The molecule has 2 aromatic carbocycles. The summed E-state index contributed by atoms with van der Waals surface area (Å²) in [5.41, 5.74) is 5.04. The molecule has 1 aliphatic rings. The van der Waals surface area contributed by atoms with Crippen molar-refractivity contribution in [2.45, 2.75) is 0 Å². The number of aromatic nitrogens is 2. The molecule has 27 heavy (non-hydrogen) atoms. The first-order valence-corrected chi connectivity index (χ1v) is 8.16. The molecule has 1 aliphatic heterocycles. The number of nitrogens with one attached hydrogen (secondary N) is 2. The summed E-state index contributed by atoms with van der Waals surface area (Å²) in [7, 11) is 1.60. The second-order valence-electron chi connectivity index (χ2n) is 5.71. The Morgan fingerprint density at radius 2 is 2.00 bits per heavy atom. The third kappa shape index (κ3) is 3.59. The van der Waals surface area contributed by atoms with E-state index < -0.39 is 0 Å². The summed E-state index contributed by atoms with van der Waals surface area (Å²) in [6.45, 7) is 0.208. The van der Waals surface area contributed by atoms with Crippen molar-refractivity contribution in [2.24, 2.45) is 5.10 Å². The van der Waals surface area contributed by atoms with Crippen LogP contribution in [0, 0.1) is 0 Å². The van der Waals surface area contributed by atoms with Gasteiger partial charge in [-0.2, -0.15) is 10.2 Å². The van der Waals surface area contributed by atoms with Crippen LogP contribution in [0.4, 0.5) is 0 Å². The van der Waals surface area contributed by atoms with Gasteiger partial charge in [0.15, 0.2) is 11.5 Å². The SMILES string of the molecule is COc1ccc(/C=N/NC(=O)c2cc(-c3ccc4c(c3)OCO4)n[nH]2)cc1. The fourth-order valence-corrected chi connectivity index (χ4v) is 2.56. The van der Waals surface area contributed by atoms with Crippen LogP contribution in [0.1, 0.15) is 16.1 Å². The molecule has 136 valence electrons. The Bertz CT molecular complexity index is 995. The van der Waals surface area contributed by atoms with Crippen molar-refractivity contribution in [1.29, 1.82) is 0 Å². The normalized spacial score (nSPS) is 12.3. The maximum Gasteiger partial charge on any atom is 0.289 e. The summed E-state index contributed by atoms with van der Waals surface area (Å²) in [4.78, 5) is 12.2. The lowest BCUT2D eigenvalue weighted by Gasteiger charge is -1.99. The first kappa shape index (κ1) is 16.6. The van der Waals surface area contributed by atoms with Crippen LogP contribution in [0.15, 0.2) is 53.6 Å². The smallest absolute Gasteiger partial charge is 0.289 e. The molecular formula is C19H16N4O4. The highest BCUT2D eigenvalue weighted by molar-refractivity contribution is 5.94. The van der Waals surface area contributed by atoms with Crippen LogP contribution in [-0.2, 0) is 0 Å². The number of rotatable bonds is 5. The van der Waals surface area contributed by atoms with Gasteiger partial charge in [-0.1, -0.05) is 0 Å². The fraction of sp³-hybridized carbons (Fsp3) is 0.105. The first-order valence-electron chi connectivity index (χ1n) is 8.16. The number of hydrogen-bond donors (Lipinski definition) is 2. The predicted molar refractivity (Wildman–Crippen MR) is 98.2 cm³/mol. The topological polar surface area (TPSA) is 97.8 Å². The molecule has 0 unspecified atom stereocenters. The molecule has 4 rings (SSSR count). The molecule has 8 heteroatoms. The standard InChI is InChI=1S/C19H16N4O4/c1-25-14-5-2-12(3-6-14)10-20-23-19(24)16-9-15(21-22-16)13-4-7-17-18(8-13)27-11-26-17/h2-10H,11H2,1H3,(H,21,22)(H,23,24)/b20-10+.